The molecule has 1 amide bonds. The molecule has 2 fully saturated rings. The fourth-order valence-corrected chi connectivity index (χ4v) is 3.15. The molecule has 0 radical (unpaired) electrons. The largest absolute Gasteiger partial charge is 0.508 e. The van der Waals surface area contributed by atoms with Gasteiger partial charge < -0.3 is 10.4 Å². The second-order valence-electron chi connectivity index (χ2n) is 5.49. The van der Waals surface area contributed by atoms with E-state index in [0.29, 0.717) is 11.1 Å². The maximum absolute atomic E-state index is 12.2. The van der Waals surface area contributed by atoms with E-state index in [0.717, 1.165) is 25.7 Å². The van der Waals surface area contributed by atoms with Crippen LogP contribution in [-0.4, -0.2) is 23.1 Å². The quantitative estimate of drug-likeness (QED) is 0.719. The average Bonchev–Trinajstić information content (AvgIpc) is 2.47. The second-order valence-corrected chi connectivity index (χ2v) is 5.49. The molecule has 0 spiro atoms. The molecule has 5 heteroatoms. The van der Waals surface area contributed by atoms with Gasteiger partial charge in [-0.15, -0.1) is 0 Å². The summed E-state index contributed by atoms with van der Waals surface area (Å²) in [4.78, 5) is 12.2. The maximum atomic E-state index is 12.2. The van der Waals surface area contributed by atoms with Gasteiger partial charge in [0.25, 0.3) is 0 Å². The number of nitriles is 1. The first-order valence-corrected chi connectivity index (χ1v) is 6.98. The lowest BCUT2D eigenvalue weighted by Gasteiger charge is -2.40. The van der Waals surface area contributed by atoms with Crippen LogP contribution in [-0.2, 0) is 4.79 Å². The molecule has 1 saturated heterocycles. The van der Waals surface area contributed by atoms with E-state index < -0.39 is 6.04 Å². The molecule has 1 aromatic carbocycles. The molecular weight excluding hydrogens is 254 g/mol. The number of amides is 1. The molecule has 3 N–H and O–H groups in total. The van der Waals surface area contributed by atoms with Crippen molar-refractivity contribution in [2.24, 2.45) is 0 Å². The van der Waals surface area contributed by atoms with Gasteiger partial charge in [-0.1, -0.05) is 12.8 Å². The predicted octanol–water partition coefficient (Wildman–Crippen LogP) is 1.34. The van der Waals surface area contributed by atoms with Gasteiger partial charge in [0.2, 0.25) is 5.91 Å². The molecule has 0 bridgehead atoms. The third kappa shape index (κ3) is 2.23. The summed E-state index contributed by atoms with van der Waals surface area (Å²) in [6, 6.07) is 6.48. The van der Waals surface area contributed by atoms with Gasteiger partial charge in [0.1, 0.15) is 11.8 Å². The van der Waals surface area contributed by atoms with Crippen LogP contribution in [0.25, 0.3) is 0 Å². The summed E-state index contributed by atoms with van der Waals surface area (Å²) in [5, 5.41) is 25.3. The van der Waals surface area contributed by atoms with Crippen LogP contribution >= 0.6 is 0 Å². The van der Waals surface area contributed by atoms with Gasteiger partial charge in [0, 0.05) is 17.6 Å². The van der Waals surface area contributed by atoms with E-state index in [2.05, 4.69) is 10.6 Å². The summed E-state index contributed by atoms with van der Waals surface area (Å²) >= 11 is 0. The highest BCUT2D eigenvalue weighted by Gasteiger charge is 2.37. The molecule has 1 aliphatic heterocycles. The number of fused-ring (bicyclic) bond motifs is 1. The van der Waals surface area contributed by atoms with E-state index in [9.17, 15) is 9.90 Å². The lowest BCUT2D eigenvalue weighted by Crippen LogP contribution is -2.61. The van der Waals surface area contributed by atoms with E-state index in [1.54, 1.807) is 12.1 Å². The van der Waals surface area contributed by atoms with Gasteiger partial charge in [0.05, 0.1) is 11.6 Å². The number of hydrogen-bond donors (Lipinski definition) is 3. The monoisotopic (exact) mass is 271 g/mol. The molecule has 104 valence electrons. The summed E-state index contributed by atoms with van der Waals surface area (Å²) in [5.41, 5.74) is 0.920. The molecular formula is C15H17N3O2. The Balaban J connectivity index is 1.90. The lowest BCUT2D eigenvalue weighted by molar-refractivity contribution is -0.127. The number of phenolic OH excluding ortho intramolecular Hbond substituents is 1. The third-order valence-corrected chi connectivity index (χ3v) is 4.20. The summed E-state index contributed by atoms with van der Waals surface area (Å²) in [6.07, 6.45) is 4.32. The first-order valence-electron chi connectivity index (χ1n) is 6.98. The Hall–Kier alpha value is -2.06. The number of carbonyl (C=O) groups is 1. The van der Waals surface area contributed by atoms with Crippen LogP contribution in [0, 0.1) is 11.3 Å². The number of benzene rings is 1. The Bertz CT molecular complexity index is 579. The average molecular weight is 271 g/mol. The minimum Gasteiger partial charge on any atom is -0.508 e. The fourth-order valence-electron chi connectivity index (χ4n) is 3.15. The van der Waals surface area contributed by atoms with Crippen LogP contribution < -0.4 is 10.6 Å². The van der Waals surface area contributed by atoms with Crippen molar-refractivity contribution in [3.8, 4) is 11.8 Å². The van der Waals surface area contributed by atoms with E-state index in [-0.39, 0.29) is 23.7 Å². The molecule has 1 saturated carbocycles. The van der Waals surface area contributed by atoms with Crippen LogP contribution in [0.15, 0.2) is 18.2 Å². The number of rotatable bonds is 1. The highest BCUT2D eigenvalue weighted by molar-refractivity contribution is 5.85. The van der Waals surface area contributed by atoms with Gasteiger partial charge in [-0.3, -0.25) is 10.1 Å². The number of hydrogen-bond acceptors (Lipinski definition) is 4. The van der Waals surface area contributed by atoms with Crippen molar-refractivity contribution < 1.29 is 9.90 Å². The molecule has 2 aliphatic rings. The SMILES string of the molecule is N#Cc1ccc(O)c(C2N[C@H]3CCCC[C@@H]3NC2=O)c1. The van der Waals surface area contributed by atoms with Crippen molar-refractivity contribution in [2.45, 2.75) is 43.8 Å². The van der Waals surface area contributed by atoms with Gasteiger partial charge in [0.15, 0.2) is 0 Å². The van der Waals surface area contributed by atoms with Crippen LogP contribution in [0.1, 0.15) is 42.9 Å². The number of carbonyl (C=O) groups excluding carboxylic acids is 1. The number of phenols is 1. The molecule has 3 rings (SSSR count). The molecule has 20 heavy (non-hydrogen) atoms. The van der Waals surface area contributed by atoms with Gasteiger partial charge in [-0.2, -0.15) is 5.26 Å². The zero-order chi connectivity index (χ0) is 14.1. The van der Waals surface area contributed by atoms with Crippen molar-refractivity contribution in [1.29, 1.82) is 5.26 Å². The normalized spacial score (nSPS) is 29.1. The summed E-state index contributed by atoms with van der Waals surface area (Å²) < 4.78 is 0. The first kappa shape index (κ1) is 12.9. The standard InChI is InChI=1S/C15H17N3O2/c16-8-9-5-6-13(19)10(7-9)14-15(20)18-12-4-2-1-3-11(12)17-14/h5-7,11-12,14,17,19H,1-4H2,(H,18,20)/t11-,12-,14?/m0/s1. The van der Waals surface area contributed by atoms with Crippen molar-refractivity contribution in [3.63, 3.8) is 0 Å². The Labute approximate surface area is 117 Å². The van der Waals surface area contributed by atoms with Gasteiger partial charge in [-0.05, 0) is 31.0 Å². The van der Waals surface area contributed by atoms with Gasteiger partial charge >= 0.3 is 0 Å². The van der Waals surface area contributed by atoms with E-state index >= 15 is 0 Å². The van der Waals surface area contributed by atoms with E-state index in [1.807, 2.05) is 6.07 Å². The third-order valence-electron chi connectivity index (χ3n) is 4.20. The fraction of sp³-hybridized carbons (Fsp3) is 0.467. The maximum Gasteiger partial charge on any atom is 0.242 e. The van der Waals surface area contributed by atoms with Crippen LogP contribution in [0.4, 0.5) is 0 Å². The second kappa shape index (κ2) is 5.14. The van der Waals surface area contributed by atoms with Crippen molar-refractivity contribution in [3.05, 3.63) is 29.3 Å². The Morgan fingerprint density at radius 2 is 2.00 bits per heavy atom. The highest BCUT2D eigenvalue weighted by Crippen LogP contribution is 2.31. The zero-order valence-corrected chi connectivity index (χ0v) is 11.1. The Morgan fingerprint density at radius 1 is 1.25 bits per heavy atom. The zero-order valence-electron chi connectivity index (χ0n) is 11.1. The number of nitrogens with one attached hydrogen (secondary N) is 2. The van der Waals surface area contributed by atoms with Crippen molar-refractivity contribution in [1.82, 2.24) is 10.6 Å². The molecule has 1 heterocycles. The number of nitrogens with zero attached hydrogens (tertiary/aromatic N) is 1. The first-order chi connectivity index (χ1) is 9.69. The van der Waals surface area contributed by atoms with Crippen LogP contribution in [0.3, 0.4) is 0 Å². The van der Waals surface area contributed by atoms with E-state index in [1.165, 1.54) is 6.07 Å². The molecule has 3 atom stereocenters. The number of aromatic hydroxyl groups is 1. The summed E-state index contributed by atoms with van der Waals surface area (Å²) in [6.45, 7) is 0. The van der Waals surface area contributed by atoms with Gasteiger partial charge in [-0.25, -0.2) is 0 Å². The topological polar surface area (TPSA) is 85.2 Å². The highest BCUT2D eigenvalue weighted by atomic mass is 16.3. The van der Waals surface area contributed by atoms with Crippen LogP contribution in [0.5, 0.6) is 5.75 Å². The Morgan fingerprint density at radius 3 is 2.75 bits per heavy atom. The number of piperazine rings is 1. The molecule has 5 nitrogen and oxygen atoms in total. The Kier molecular flexibility index (Phi) is 3.33. The minimum absolute atomic E-state index is 0.0471. The molecule has 1 unspecified atom stereocenters. The van der Waals surface area contributed by atoms with E-state index in [4.69, 9.17) is 5.26 Å². The summed E-state index contributed by atoms with van der Waals surface area (Å²) in [5.74, 6) is -0.0792. The van der Waals surface area contributed by atoms with Crippen molar-refractivity contribution >= 4 is 5.91 Å². The molecule has 0 aromatic heterocycles. The molecule has 1 aromatic rings. The van der Waals surface area contributed by atoms with Crippen LogP contribution in [0.2, 0.25) is 0 Å². The lowest BCUT2D eigenvalue weighted by atomic mass is 9.86. The smallest absolute Gasteiger partial charge is 0.242 e. The predicted molar refractivity (Wildman–Crippen MR) is 72.9 cm³/mol. The molecule has 1 aliphatic carbocycles. The van der Waals surface area contributed by atoms with Crippen molar-refractivity contribution in [2.75, 3.05) is 0 Å². The minimum atomic E-state index is -0.581. The summed E-state index contributed by atoms with van der Waals surface area (Å²) in [7, 11) is 0.